The van der Waals surface area contributed by atoms with E-state index in [0.29, 0.717) is 0 Å². The number of hydrazine groups is 2. The number of aliphatic carboxylic acids is 7. The van der Waals surface area contributed by atoms with Gasteiger partial charge in [-0.05, 0) is 12.8 Å². The molecule has 20 heteroatoms. The number of hydrogen-bond donors (Lipinski definition) is 11. The number of primary amides is 1. The van der Waals surface area contributed by atoms with Crippen molar-refractivity contribution in [3.8, 4) is 0 Å². The van der Waals surface area contributed by atoms with Crippen LogP contribution in [0.3, 0.4) is 0 Å². The van der Waals surface area contributed by atoms with Crippen molar-refractivity contribution < 1.29 is 74.1 Å². The lowest BCUT2D eigenvalue weighted by atomic mass is 10.1. The first-order valence-electron chi connectivity index (χ1n) is 10.3. The Morgan fingerprint density at radius 2 is 1.08 bits per heavy atom. The Morgan fingerprint density at radius 1 is 0.605 bits per heavy atom. The van der Waals surface area contributed by atoms with Crippen LogP contribution in [-0.2, 0) is 38.4 Å². The minimum atomic E-state index is -2.06. The largest absolute Gasteiger partial charge is 0.481 e. The Labute approximate surface area is 212 Å². The van der Waals surface area contributed by atoms with Crippen molar-refractivity contribution in [1.29, 1.82) is 0 Å². The van der Waals surface area contributed by atoms with E-state index in [0.717, 1.165) is 0 Å². The fourth-order valence-electron chi connectivity index (χ4n) is 2.30. The van der Waals surface area contributed by atoms with Crippen LogP contribution in [-0.4, -0.2) is 113 Å². The van der Waals surface area contributed by atoms with E-state index < -0.39 is 97.5 Å². The van der Waals surface area contributed by atoms with E-state index in [2.05, 4.69) is 0 Å². The molecule has 216 valence electrons. The predicted octanol–water partition coefficient (Wildman–Crippen LogP) is -3.86. The molecule has 0 radical (unpaired) electrons. The lowest BCUT2D eigenvalue weighted by Gasteiger charge is -2.33. The van der Waals surface area contributed by atoms with Crippen LogP contribution in [0.15, 0.2) is 0 Å². The minimum Gasteiger partial charge on any atom is -0.481 e. The summed E-state index contributed by atoms with van der Waals surface area (Å²) in [5, 5.41) is 62.1. The number of carbonyl (C=O) groups is 8. The van der Waals surface area contributed by atoms with Crippen molar-refractivity contribution in [3.63, 3.8) is 0 Å². The number of carboxylic acids is 7. The van der Waals surface area contributed by atoms with Gasteiger partial charge in [-0.3, -0.25) is 38.4 Å². The van der Waals surface area contributed by atoms with E-state index >= 15 is 0 Å². The summed E-state index contributed by atoms with van der Waals surface area (Å²) in [7, 11) is 0. The first-order valence-corrected chi connectivity index (χ1v) is 10.3. The van der Waals surface area contributed by atoms with Gasteiger partial charge in [-0.1, -0.05) is 0 Å². The molecular weight excluding hydrogens is 526 g/mol. The predicted molar refractivity (Wildman–Crippen MR) is 118 cm³/mol. The molecule has 0 aromatic heterocycles. The summed E-state index contributed by atoms with van der Waals surface area (Å²) >= 11 is 0. The maximum absolute atomic E-state index is 11.4. The summed E-state index contributed by atoms with van der Waals surface area (Å²) in [6.45, 7) is 0. The van der Waals surface area contributed by atoms with Gasteiger partial charge in [0.2, 0.25) is 5.91 Å². The molecule has 0 spiro atoms. The highest BCUT2D eigenvalue weighted by Gasteiger charge is 2.35. The maximum atomic E-state index is 11.4. The van der Waals surface area contributed by atoms with Gasteiger partial charge in [0.1, 0.15) is 24.2 Å². The zero-order valence-electron chi connectivity index (χ0n) is 19.6. The lowest BCUT2D eigenvalue weighted by Crippen LogP contribution is -2.64. The number of carboxylic acid groups (broad SMARTS) is 7. The van der Waals surface area contributed by atoms with Crippen LogP contribution in [0, 0.1) is 0 Å². The van der Waals surface area contributed by atoms with Gasteiger partial charge in [-0.15, -0.1) is 0 Å². The molecule has 0 heterocycles. The number of amides is 1. The Bertz CT molecular complexity index is 895. The zero-order valence-corrected chi connectivity index (χ0v) is 19.6. The third kappa shape index (κ3) is 17.1. The highest BCUT2D eigenvalue weighted by atomic mass is 16.4. The molecule has 0 aliphatic heterocycles. The third-order valence-electron chi connectivity index (χ3n) is 4.20. The van der Waals surface area contributed by atoms with Gasteiger partial charge in [-0.25, -0.2) is 10.9 Å². The van der Waals surface area contributed by atoms with E-state index in [9.17, 15) is 43.5 Å². The Morgan fingerprint density at radius 3 is 1.42 bits per heavy atom. The number of nitrogens with two attached hydrogens (primary N) is 2. The molecule has 20 nitrogen and oxygen atoms in total. The second-order valence-corrected chi connectivity index (χ2v) is 7.34. The van der Waals surface area contributed by atoms with Gasteiger partial charge < -0.3 is 47.2 Å². The van der Waals surface area contributed by atoms with Crippen molar-refractivity contribution in [2.24, 2.45) is 11.5 Å². The average molecular weight is 555 g/mol. The maximum Gasteiger partial charge on any atom is 0.324 e. The van der Waals surface area contributed by atoms with Gasteiger partial charge in [0.15, 0.2) is 0 Å². The molecule has 0 rings (SSSR count). The quantitative estimate of drug-likeness (QED) is 0.0678. The standard InChI is InChI=1S/C13H19N3O12.C5H10N2O3/c17-8(18)2-1-5(11(23)24)14-16(7(13(27)28)4-10(21)22)15-6(12(25)26)3-9(19)20;6-3(5(9)10)1-2-4(7)8/h5-7,14-15H,1-4H2,(H,17,18)(H,19,20)(H,21,22)(H,23,24)(H,25,26)(H,27,28);3H,1-2,6H2,(H2,7,8)(H,9,10)/t5-,6-,7-;3-/m00/s1. The van der Waals surface area contributed by atoms with Crippen molar-refractivity contribution in [1.82, 2.24) is 16.0 Å². The second-order valence-electron chi connectivity index (χ2n) is 7.34. The van der Waals surface area contributed by atoms with Crippen LogP contribution in [0.4, 0.5) is 0 Å². The van der Waals surface area contributed by atoms with Crippen LogP contribution in [0.2, 0.25) is 0 Å². The molecule has 1 amide bonds. The van der Waals surface area contributed by atoms with E-state index in [4.69, 9.17) is 42.1 Å². The molecule has 0 bridgehead atoms. The molecule has 0 saturated heterocycles. The van der Waals surface area contributed by atoms with Crippen LogP contribution in [0.25, 0.3) is 0 Å². The van der Waals surface area contributed by atoms with E-state index in [-0.39, 0.29) is 18.0 Å². The Kier molecular flexibility index (Phi) is 16.9. The smallest absolute Gasteiger partial charge is 0.324 e. The molecule has 0 aliphatic carbocycles. The minimum absolute atomic E-state index is 0.0213. The summed E-state index contributed by atoms with van der Waals surface area (Å²) in [6.07, 6.45) is -3.29. The van der Waals surface area contributed by atoms with Crippen LogP contribution >= 0.6 is 0 Å². The van der Waals surface area contributed by atoms with Crippen molar-refractivity contribution in [3.05, 3.63) is 0 Å². The first kappa shape index (κ1) is 35.8. The van der Waals surface area contributed by atoms with Crippen molar-refractivity contribution in [2.75, 3.05) is 0 Å². The molecule has 0 saturated carbocycles. The fourth-order valence-corrected chi connectivity index (χ4v) is 2.30. The zero-order chi connectivity index (χ0) is 30.2. The molecule has 4 atom stereocenters. The van der Waals surface area contributed by atoms with Gasteiger partial charge in [0.25, 0.3) is 0 Å². The number of nitrogens with zero attached hydrogens (tertiary/aromatic N) is 1. The average Bonchev–Trinajstić information content (AvgIpc) is 2.76. The fraction of sp³-hybridized carbons (Fsp3) is 0.556. The summed E-state index contributed by atoms with van der Waals surface area (Å²) in [5.41, 5.74) is 13.8. The first-order chi connectivity index (χ1) is 17.4. The van der Waals surface area contributed by atoms with Crippen LogP contribution in [0.5, 0.6) is 0 Å². The number of nitrogens with one attached hydrogen (secondary N) is 2. The number of hydrogen-bond acceptors (Lipinski definition) is 12. The summed E-state index contributed by atoms with van der Waals surface area (Å²) in [6, 6.07) is -6.74. The molecule has 0 aromatic carbocycles. The molecule has 38 heavy (non-hydrogen) atoms. The number of carbonyl (C=O) groups excluding carboxylic acids is 1. The van der Waals surface area contributed by atoms with E-state index in [1.165, 1.54) is 0 Å². The van der Waals surface area contributed by atoms with Gasteiger partial charge >= 0.3 is 41.8 Å². The van der Waals surface area contributed by atoms with E-state index in [1.807, 2.05) is 10.9 Å². The van der Waals surface area contributed by atoms with Crippen LogP contribution < -0.4 is 22.3 Å². The Hall–Kier alpha value is -4.40. The Balaban J connectivity index is 0. The highest BCUT2D eigenvalue weighted by molar-refractivity contribution is 5.82. The third-order valence-corrected chi connectivity index (χ3v) is 4.20. The molecule has 13 N–H and O–H groups in total. The van der Waals surface area contributed by atoms with Crippen molar-refractivity contribution >= 4 is 47.7 Å². The molecule has 0 aromatic rings. The van der Waals surface area contributed by atoms with Gasteiger partial charge in [0, 0.05) is 12.8 Å². The topological polar surface area (TPSA) is 358 Å². The lowest BCUT2D eigenvalue weighted by molar-refractivity contribution is -0.160. The van der Waals surface area contributed by atoms with E-state index in [1.54, 1.807) is 0 Å². The molecule has 0 aliphatic rings. The normalized spacial score (nSPS) is 13.6. The summed E-state index contributed by atoms with van der Waals surface area (Å²) < 4.78 is 0. The summed E-state index contributed by atoms with van der Waals surface area (Å²) in [5.74, 6) is -11.4. The second kappa shape index (κ2) is 17.9. The number of rotatable bonds is 19. The van der Waals surface area contributed by atoms with Crippen LogP contribution in [0.1, 0.15) is 38.5 Å². The highest BCUT2D eigenvalue weighted by Crippen LogP contribution is 2.07. The monoisotopic (exact) mass is 555 g/mol. The molecular formula is C18H29N5O15. The SMILES string of the molecule is NC(=O)CC[C@H](N)C(=O)O.O=C(O)CC[C@H](NN(N[C@@H](CC(=O)O)C(=O)O)[C@@H](CC(=O)O)C(=O)O)C(=O)O. The van der Waals surface area contributed by atoms with Gasteiger partial charge in [-0.2, -0.15) is 5.12 Å². The molecule has 0 unspecified atom stereocenters. The van der Waals surface area contributed by atoms with Crippen molar-refractivity contribution in [2.45, 2.75) is 62.7 Å². The summed E-state index contributed by atoms with van der Waals surface area (Å²) in [4.78, 5) is 86.3. The molecule has 0 fully saturated rings. The van der Waals surface area contributed by atoms with Gasteiger partial charge in [0.05, 0.1) is 12.8 Å².